The Hall–Kier alpha value is -1.91. The van der Waals surface area contributed by atoms with Crippen LogP contribution in [0.3, 0.4) is 0 Å². The Bertz CT molecular complexity index is 842. The molecule has 1 unspecified atom stereocenters. The Morgan fingerprint density at radius 1 is 1.12 bits per heavy atom. The van der Waals surface area contributed by atoms with Crippen LogP contribution in [-0.4, -0.2) is 23.1 Å². The van der Waals surface area contributed by atoms with Gasteiger partial charge in [0.1, 0.15) is 0 Å². The number of aryl methyl sites for hydroxylation is 1. The van der Waals surface area contributed by atoms with E-state index in [0.29, 0.717) is 5.92 Å². The molecule has 0 saturated carbocycles. The molecule has 3 aromatic rings. The van der Waals surface area contributed by atoms with E-state index in [-0.39, 0.29) is 0 Å². The fourth-order valence-electron chi connectivity index (χ4n) is 3.60. The number of nitrogens with zero attached hydrogens (tertiary/aromatic N) is 2. The van der Waals surface area contributed by atoms with Crippen LogP contribution in [0.15, 0.2) is 63.6 Å². The number of aromatic nitrogens is 1. The first kappa shape index (κ1) is 16.6. The van der Waals surface area contributed by atoms with Gasteiger partial charge in [0.25, 0.3) is 0 Å². The fourth-order valence-corrected chi connectivity index (χ4v) is 3.86. The first-order valence-electron chi connectivity index (χ1n) is 8.69. The molecule has 0 N–H and O–H groups in total. The smallest absolute Gasteiger partial charge is 0.171 e. The highest BCUT2D eigenvalue weighted by molar-refractivity contribution is 9.10. The Morgan fingerprint density at radius 2 is 1.88 bits per heavy atom. The molecule has 4 rings (SSSR count). The Morgan fingerprint density at radius 3 is 2.64 bits per heavy atom. The maximum atomic E-state index is 5.65. The van der Waals surface area contributed by atoms with Gasteiger partial charge in [-0.2, -0.15) is 0 Å². The second-order valence-electron chi connectivity index (χ2n) is 6.71. The van der Waals surface area contributed by atoms with Crippen molar-refractivity contribution in [1.29, 1.82) is 0 Å². The zero-order chi connectivity index (χ0) is 17.2. The fraction of sp³-hybridized carbons (Fsp3) is 0.286. The molecule has 0 spiro atoms. The van der Waals surface area contributed by atoms with Crippen LogP contribution in [0.4, 0.5) is 0 Å². The summed E-state index contributed by atoms with van der Waals surface area (Å²) in [5.41, 5.74) is 4.72. The average Bonchev–Trinajstić information content (AvgIpc) is 3.25. The highest BCUT2D eigenvalue weighted by Crippen LogP contribution is 2.32. The Labute approximate surface area is 156 Å². The van der Waals surface area contributed by atoms with Crippen molar-refractivity contribution in [3.63, 3.8) is 0 Å². The van der Waals surface area contributed by atoms with Crippen molar-refractivity contribution >= 4 is 15.9 Å². The predicted molar refractivity (Wildman–Crippen MR) is 103 cm³/mol. The number of rotatable bonds is 4. The molecule has 1 fully saturated rings. The van der Waals surface area contributed by atoms with E-state index in [2.05, 4.69) is 68.5 Å². The molecular formula is C21H21BrN2O. The molecule has 1 aliphatic heterocycles. The predicted octanol–water partition coefficient (Wildman–Crippen LogP) is 5.40. The molecular weight excluding hydrogens is 376 g/mol. The van der Waals surface area contributed by atoms with Crippen LogP contribution in [0.25, 0.3) is 11.3 Å². The summed E-state index contributed by atoms with van der Waals surface area (Å²) in [6.07, 6.45) is 1.21. The standard InChI is InChI=1S/C21H21BrN2O/c1-15-20(21(25-23-15)17-7-9-19(22)10-8-17)14-24-12-11-18(13-24)16-5-3-2-4-6-16/h2-10,18H,11-14H2,1H3. The monoisotopic (exact) mass is 396 g/mol. The van der Waals surface area contributed by atoms with Crippen molar-refractivity contribution in [2.24, 2.45) is 0 Å². The molecule has 0 aliphatic carbocycles. The van der Waals surface area contributed by atoms with Gasteiger partial charge in [0, 0.05) is 28.7 Å². The second kappa shape index (κ2) is 7.14. The average molecular weight is 397 g/mol. The van der Waals surface area contributed by atoms with Crippen LogP contribution in [-0.2, 0) is 6.54 Å². The van der Waals surface area contributed by atoms with Gasteiger partial charge in [-0.15, -0.1) is 0 Å². The molecule has 25 heavy (non-hydrogen) atoms. The quantitative estimate of drug-likeness (QED) is 0.590. The van der Waals surface area contributed by atoms with Gasteiger partial charge in [-0.1, -0.05) is 63.6 Å². The lowest BCUT2D eigenvalue weighted by molar-refractivity contribution is 0.325. The third-order valence-corrected chi connectivity index (χ3v) is 5.54. The van der Waals surface area contributed by atoms with Gasteiger partial charge >= 0.3 is 0 Å². The van der Waals surface area contributed by atoms with E-state index in [9.17, 15) is 0 Å². The van der Waals surface area contributed by atoms with Crippen molar-refractivity contribution in [3.8, 4) is 11.3 Å². The topological polar surface area (TPSA) is 29.3 Å². The lowest BCUT2D eigenvalue weighted by atomic mass is 9.99. The normalized spacial score (nSPS) is 17.9. The Kier molecular flexibility index (Phi) is 4.73. The van der Waals surface area contributed by atoms with Crippen LogP contribution < -0.4 is 0 Å². The molecule has 1 atom stereocenters. The molecule has 2 heterocycles. The maximum Gasteiger partial charge on any atom is 0.171 e. The van der Waals surface area contributed by atoms with Gasteiger partial charge in [-0.3, -0.25) is 4.90 Å². The number of hydrogen-bond donors (Lipinski definition) is 0. The highest BCUT2D eigenvalue weighted by Gasteiger charge is 2.26. The summed E-state index contributed by atoms with van der Waals surface area (Å²) >= 11 is 3.49. The highest BCUT2D eigenvalue weighted by atomic mass is 79.9. The lowest BCUT2D eigenvalue weighted by Crippen LogP contribution is -2.20. The molecule has 1 aromatic heterocycles. The summed E-state index contributed by atoms with van der Waals surface area (Å²) in [6.45, 7) is 5.13. The Balaban J connectivity index is 1.52. The summed E-state index contributed by atoms with van der Waals surface area (Å²) < 4.78 is 6.72. The van der Waals surface area contributed by atoms with Gasteiger partial charge < -0.3 is 4.52 Å². The zero-order valence-electron chi connectivity index (χ0n) is 14.3. The van der Waals surface area contributed by atoms with Crippen molar-refractivity contribution in [2.45, 2.75) is 25.8 Å². The van der Waals surface area contributed by atoms with Crippen molar-refractivity contribution in [2.75, 3.05) is 13.1 Å². The molecule has 4 heteroatoms. The van der Waals surface area contributed by atoms with Gasteiger partial charge in [-0.05, 0) is 43.5 Å². The van der Waals surface area contributed by atoms with E-state index in [1.807, 2.05) is 19.1 Å². The molecule has 0 amide bonds. The van der Waals surface area contributed by atoms with Crippen molar-refractivity contribution < 1.29 is 4.52 Å². The molecule has 128 valence electrons. The van der Waals surface area contributed by atoms with Gasteiger partial charge in [0.15, 0.2) is 5.76 Å². The molecule has 1 aliphatic rings. The SMILES string of the molecule is Cc1noc(-c2ccc(Br)cc2)c1CN1CCC(c2ccccc2)C1. The largest absolute Gasteiger partial charge is 0.356 e. The minimum Gasteiger partial charge on any atom is -0.356 e. The maximum absolute atomic E-state index is 5.65. The van der Waals surface area contributed by atoms with E-state index in [1.54, 1.807) is 0 Å². The molecule has 0 radical (unpaired) electrons. The van der Waals surface area contributed by atoms with E-state index in [1.165, 1.54) is 17.5 Å². The van der Waals surface area contributed by atoms with E-state index < -0.39 is 0 Å². The molecule has 3 nitrogen and oxygen atoms in total. The first-order chi connectivity index (χ1) is 12.2. The van der Waals surface area contributed by atoms with E-state index in [4.69, 9.17) is 4.52 Å². The van der Waals surface area contributed by atoms with Crippen LogP contribution >= 0.6 is 15.9 Å². The summed E-state index contributed by atoms with van der Waals surface area (Å²) in [5, 5.41) is 4.22. The zero-order valence-corrected chi connectivity index (χ0v) is 15.9. The molecule has 2 aromatic carbocycles. The third-order valence-electron chi connectivity index (χ3n) is 5.02. The van der Waals surface area contributed by atoms with Crippen LogP contribution in [0.5, 0.6) is 0 Å². The summed E-state index contributed by atoms with van der Waals surface area (Å²) in [6, 6.07) is 19.1. The van der Waals surface area contributed by atoms with Crippen LogP contribution in [0.2, 0.25) is 0 Å². The van der Waals surface area contributed by atoms with Crippen molar-refractivity contribution in [3.05, 3.63) is 75.9 Å². The van der Waals surface area contributed by atoms with Crippen LogP contribution in [0, 0.1) is 6.92 Å². The summed E-state index contributed by atoms with van der Waals surface area (Å²) in [4.78, 5) is 2.51. The van der Waals surface area contributed by atoms with E-state index in [0.717, 1.165) is 41.1 Å². The van der Waals surface area contributed by atoms with Crippen LogP contribution in [0.1, 0.15) is 29.2 Å². The summed E-state index contributed by atoms with van der Waals surface area (Å²) in [7, 11) is 0. The summed E-state index contributed by atoms with van der Waals surface area (Å²) in [5.74, 6) is 1.52. The van der Waals surface area contributed by atoms with Gasteiger partial charge in [0.05, 0.1) is 5.69 Å². The first-order valence-corrected chi connectivity index (χ1v) is 9.48. The minimum atomic E-state index is 0.623. The van der Waals surface area contributed by atoms with Gasteiger partial charge in [-0.25, -0.2) is 0 Å². The number of hydrogen-bond acceptors (Lipinski definition) is 3. The third kappa shape index (κ3) is 3.55. The lowest BCUT2D eigenvalue weighted by Gasteiger charge is -2.16. The molecule has 0 bridgehead atoms. The number of likely N-dealkylation sites (tertiary alicyclic amines) is 1. The second-order valence-corrected chi connectivity index (χ2v) is 7.63. The minimum absolute atomic E-state index is 0.623. The van der Waals surface area contributed by atoms with E-state index >= 15 is 0 Å². The van der Waals surface area contributed by atoms with Gasteiger partial charge in [0.2, 0.25) is 0 Å². The number of benzene rings is 2. The number of halogens is 1. The van der Waals surface area contributed by atoms with Crippen molar-refractivity contribution in [1.82, 2.24) is 10.1 Å². The molecule has 1 saturated heterocycles.